The Hall–Kier alpha value is -1.54. The van der Waals surface area contributed by atoms with Gasteiger partial charge in [-0.05, 0) is 42.5 Å². The molecule has 1 aliphatic heterocycles. The third-order valence-electron chi connectivity index (χ3n) is 5.81. The molecule has 3 aromatic carbocycles. The van der Waals surface area contributed by atoms with Gasteiger partial charge in [-0.3, -0.25) is 0 Å². The second kappa shape index (κ2) is 6.32. The molecule has 3 heteroatoms. The average molecular weight is 371 g/mol. The molecule has 0 unspecified atom stereocenters. The Morgan fingerprint density at radius 2 is 1.52 bits per heavy atom. The SMILES string of the molecule is CC[N+]1(CC)Cc2c(c(-c3ccccc3)c3cc(Cl)ccc3c2Cl)C1. The van der Waals surface area contributed by atoms with E-state index in [4.69, 9.17) is 23.2 Å². The Balaban J connectivity index is 2.09. The number of nitrogens with zero attached hydrogens (tertiary/aromatic N) is 1. The monoisotopic (exact) mass is 370 g/mol. The van der Waals surface area contributed by atoms with Gasteiger partial charge in [0.1, 0.15) is 13.1 Å². The summed E-state index contributed by atoms with van der Waals surface area (Å²) in [5.41, 5.74) is 5.27. The first-order valence-corrected chi connectivity index (χ1v) is 9.67. The molecule has 0 saturated carbocycles. The highest BCUT2D eigenvalue weighted by Crippen LogP contribution is 2.46. The summed E-state index contributed by atoms with van der Waals surface area (Å²) in [7, 11) is 0. The van der Waals surface area contributed by atoms with Crippen molar-refractivity contribution < 1.29 is 4.48 Å². The molecular weight excluding hydrogens is 349 g/mol. The lowest BCUT2D eigenvalue weighted by atomic mass is 9.91. The molecule has 4 rings (SSSR count). The van der Waals surface area contributed by atoms with E-state index in [2.05, 4.69) is 56.3 Å². The summed E-state index contributed by atoms with van der Waals surface area (Å²) < 4.78 is 1.07. The zero-order chi connectivity index (χ0) is 17.6. The minimum absolute atomic E-state index is 0.755. The van der Waals surface area contributed by atoms with E-state index in [1.807, 2.05) is 6.07 Å². The fourth-order valence-corrected chi connectivity index (χ4v) is 4.71. The Labute approximate surface area is 159 Å². The molecule has 0 bridgehead atoms. The topological polar surface area (TPSA) is 0 Å². The third kappa shape index (κ3) is 2.66. The van der Waals surface area contributed by atoms with Crippen molar-refractivity contribution in [3.8, 4) is 11.1 Å². The van der Waals surface area contributed by atoms with Gasteiger partial charge in [0.25, 0.3) is 0 Å². The quantitative estimate of drug-likeness (QED) is 0.450. The molecule has 0 fully saturated rings. The van der Waals surface area contributed by atoms with E-state index in [9.17, 15) is 0 Å². The van der Waals surface area contributed by atoms with Crippen molar-refractivity contribution in [2.45, 2.75) is 26.9 Å². The summed E-state index contributed by atoms with van der Waals surface area (Å²) in [5, 5.41) is 3.93. The van der Waals surface area contributed by atoms with E-state index >= 15 is 0 Å². The van der Waals surface area contributed by atoms with Crippen LogP contribution >= 0.6 is 23.2 Å². The maximum Gasteiger partial charge on any atom is 0.107 e. The van der Waals surface area contributed by atoms with Crippen LogP contribution in [0.5, 0.6) is 0 Å². The van der Waals surface area contributed by atoms with Crippen molar-refractivity contribution in [1.29, 1.82) is 0 Å². The van der Waals surface area contributed by atoms with E-state index in [0.29, 0.717) is 0 Å². The molecule has 0 atom stereocenters. The van der Waals surface area contributed by atoms with E-state index in [1.165, 1.54) is 22.3 Å². The fourth-order valence-electron chi connectivity index (χ4n) is 4.19. The summed E-state index contributed by atoms with van der Waals surface area (Å²) in [6.45, 7) is 8.85. The lowest BCUT2D eigenvalue weighted by Gasteiger charge is -2.31. The number of benzene rings is 3. The molecule has 0 aromatic heterocycles. The van der Waals surface area contributed by atoms with Gasteiger partial charge >= 0.3 is 0 Å². The predicted molar refractivity (Wildman–Crippen MR) is 108 cm³/mol. The van der Waals surface area contributed by atoms with Crippen molar-refractivity contribution in [1.82, 2.24) is 0 Å². The van der Waals surface area contributed by atoms with Crippen LogP contribution < -0.4 is 0 Å². The van der Waals surface area contributed by atoms with Crippen LogP contribution in [-0.4, -0.2) is 17.6 Å². The molecular formula is C22H22Cl2N+. The molecule has 0 radical (unpaired) electrons. The molecule has 25 heavy (non-hydrogen) atoms. The van der Waals surface area contributed by atoms with Crippen LogP contribution in [0.3, 0.4) is 0 Å². The lowest BCUT2D eigenvalue weighted by Crippen LogP contribution is -2.42. The zero-order valence-corrected chi connectivity index (χ0v) is 16.2. The highest BCUT2D eigenvalue weighted by atomic mass is 35.5. The summed E-state index contributed by atoms with van der Waals surface area (Å²) in [4.78, 5) is 0. The van der Waals surface area contributed by atoms with Gasteiger partial charge in [0.05, 0.1) is 18.1 Å². The highest BCUT2D eigenvalue weighted by Gasteiger charge is 2.37. The maximum atomic E-state index is 6.89. The average Bonchev–Trinajstić information content (AvgIpc) is 3.03. The first-order valence-electron chi connectivity index (χ1n) is 8.91. The second-order valence-corrected chi connectivity index (χ2v) is 7.81. The van der Waals surface area contributed by atoms with Gasteiger partial charge < -0.3 is 4.48 Å². The fraction of sp³-hybridized carbons (Fsp3) is 0.273. The molecule has 128 valence electrons. The smallest absolute Gasteiger partial charge is 0.107 e. The van der Waals surface area contributed by atoms with Crippen LogP contribution in [0.2, 0.25) is 10.0 Å². The lowest BCUT2D eigenvalue weighted by molar-refractivity contribution is -0.944. The molecule has 1 nitrogen and oxygen atoms in total. The summed E-state index contributed by atoms with van der Waals surface area (Å²) in [6, 6.07) is 16.7. The molecule has 1 heterocycles. The van der Waals surface area contributed by atoms with Crippen molar-refractivity contribution in [3.05, 3.63) is 69.7 Å². The van der Waals surface area contributed by atoms with E-state index in [0.717, 1.165) is 51.5 Å². The second-order valence-electron chi connectivity index (χ2n) is 6.99. The van der Waals surface area contributed by atoms with Crippen molar-refractivity contribution in [3.63, 3.8) is 0 Å². The summed E-state index contributed by atoms with van der Waals surface area (Å²) in [6.07, 6.45) is 0. The predicted octanol–water partition coefficient (Wildman–Crippen LogP) is 6.68. The minimum atomic E-state index is 0.755. The van der Waals surface area contributed by atoms with E-state index in [1.54, 1.807) is 0 Å². The minimum Gasteiger partial charge on any atom is -0.316 e. The molecule has 0 aliphatic carbocycles. The summed E-state index contributed by atoms with van der Waals surface area (Å²) in [5.74, 6) is 0. The molecule has 3 aromatic rings. The highest BCUT2D eigenvalue weighted by molar-refractivity contribution is 6.38. The van der Waals surface area contributed by atoms with Gasteiger partial charge in [-0.1, -0.05) is 59.6 Å². The molecule has 0 saturated heterocycles. The Kier molecular flexibility index (Phi) is 4.27. The molecule has 0 spiro atoms. The third-order valence-corrected chi connectivity index (χ3v) is 6.48. The zero-order valence-electron chi connectivity index (χ0n) is 14.7. The molecule has 0 amide bonds. The Morgan fingerprint density at radius 3 is 2.20 bits per heavy atom. The van der Waals surface area contributed by atoms with Crippen LogP contribution in [0.1, 0.15) is 25.0 Å². The number of fused-ring (bicyclic) bond motifs is 2. The number of rotatable bonds is 3. The maximum absolute atomic E-state index is 6.89. The van der Waals surface area contributed by atoms with Crippen LogP contribution in [0.4, 0.5) is 0 Å². The largest absolute Gasteiger partial charge is 0.316 e. The molecule has 1 aliphatic rings. The number of hydrogen-bond donors (Lipinski definition) is 0. The number of halogens is 2. The van der Waals surface area contributed by atoms with Crippen LogP contribution in [0.25, 0.3) is 21.9 Å². The van der Waals surface area contributed by atoms with Gasteiger partial charge in [-0.25, -0.2) is 0 Å². The van der Waals surface area contributed by atoms with Gasteiger partial charge in [0.2, 0.25) is 0 Å². The van der Waals surface area contributed by atoms with Gasteiger partial charge in [-0.15, -0.1) is 0 Å². The van der Waals surface area contributed by atoms with Crippen molar-refractivity contribution in [2.24, 2.45) is 0 Å². The van der Waals surface area contributed by atoms with Crippen LogP contribution in [0.15, 0.2) is 48.5 Å². The Morgan fingerprint density at radius 1 is 0.840 bits per heavy atom. The van der Waals surface area contributed by atoms with E-state index < -0.39 is 0 Å². The van der Waals surface area contributed by atoms with Crippen molar-refractivity contribution in [2.75, 3.05) is 13.1 Å². The van der Waals surface area contributed by atoms with Crippen LogP contribution in [0, 0.1) is 0 Å². The van der Waals surface area contributed by atoms with Crippen LogP contribution in [-0.2, 0) is 13.1 Å². The van der Waals surface area contributed by atoms with Gasteiger partial charge in [0, 0.05) is 21.5 Å². The molecule has 0 N–H and O–H groups in total. The Bertz CT molecular complexity index is 943. The summed E-state index contributed by atoms with van der Waals surface area (Å²) >= 11 is 13.2. The first-order chi connectivity index (χ1) is 12.1. The van der Waals surface area contributed by atoms with Crippen molar-refractivity contribution >= 4 is 34.0 Å². The van der Waals surface area contributed by atoms with Gasteiger partial charge in [-0.2, -0.15) is 0 Å². The standard InChI is InChI=1S/C22H22Cl2N/c1-3-25(4-2)13-19-20(14-25)22(24)17-11-10-16(23)12-18(17)21(19)15-8-6-5-7-9-15/h5-12H,3-4,13-14H2,1-2H3/q+1. The van der Waals surface area contributed by atoms with E-state index in [-0.39, 0.29) is 0 Å². The first kappa shape index (κ1) is 16.9. The normalized spacial score (nSPS) is 15.5. The number of quaternary nitrogens is 1. The van der Waals surface area contributed by atoms with Gasteiger partial charge in [0.15, 0.2) is 0 Å². The number of hydrogen-bond acceptors (Lipinski definition) is 0.